The number of aryl methyl sites for hydroxylation is 1. The van der Waals surface area contributed by atoms with Crippen LogP contribution in [0.1, 0.15) is 36.1 Å². The highest BCUT2D eigenvalue weighted by molar-refractivity contribution is 7.88. The van der Waals surface area contributed by atoms with Crippen LogP contribution < -0.4 is 4.72 Å². The van der Waals surface area contributed by atoms with E-state index in [2.05, 4.69) is 4.72 Å². The second-order valence-electron chi connectivity index (χ2n) is 5.68. The number of rotatable bonds is 7. The molecule has 0 amide bonds. The van der Waals surface area contributed by atoms with Crippen LogP contribution in [0.15, 0.2) is 48.5 Å². The Labute approximate surface area is 141 Å². The van der Waals surface area contributed by atoms with E-state index in [1.165, 1.54) is 18.2 Å². The van der Waals surface area contributed by atoms with Crippen molar-refractivity contribution in [3.63, 3.8) is 0 Å². The fraction of sp³-hybridized carbons (Fsp3) is 0.294. The molecule has 2 aromatic carbocycles. The summed E-state index contributed by atoms with van der Waals surface area (Å²) in [5.74, 6) is -0.295. The Morgan fingerprint density at radius 2 is 1.83 bits per heavy atom. The molecule has 0 unspecified atom stereocenters. The van der Waals surface area contributed by atoms with E-state index >= 15 is 0 Å². The molecule has 1 N–H and O–H groups in total. The van der Waals surface area contributed by atoms with Gasteiger partial charge in [-0.1, -0.05) is 48.9 Å². The first kappa shape index (κ1) is 18.1. The predicted molar refractivity (Wildman–Crippen MR) is 93.1 cm³/mol. The van der Waals surface area contributed by atoms with Gasteiger partial charge >= 0.3 is 0 Å². The van der Waals surface area contributed by atoms with Gasteiger partial charge in [0.25, 0.3) is 5.69 Å². The number of non-ortho nitro benzene ring substituents is 1. The maximum atomic E-state index is 12.4. The van der Waals surface area contributed by atoms with Gasteiger partial charge in [-0.3, -0.25) is 10.1 Å². The molecular weight excluding hydrogens is 328 g/mol. The van der Waals surface area contributed by atoms with E-state index in [9.17, 15) is 18.5 Å². The minimum atomic E-state index is -3.62. The molecule has 7 heteroatoms. The monoisotopic (exact) mass is 348 g/mol. The zero-order valence-corrected chi connectivity index (χ0v) is 14.4. The lowest BCUT2D eigenvalue weighted by Crippen LogP contribution is -2.29. The summed E-state index contributed by atoms with van der Waals surface area (Å²) in [6.07, 6.45) is 0.608. The van der Waals surface area contributed by atoms with Crippen LogP contribution >= 0.6 is 0 Å². The third-order valence-electron chi connectivity index (χ3n) is 3.69. The SMILES string of the molecule is CC[C@H](NS(=O)(=O)Cc1cccc([N+](=O)[O-])c1)c1ccc(C)cc1. The van der Waals surface area contributed by atoms with E-state index in [4.69, 9.17) is 0 Å². The van der Waals surface area contributed by atoms with E-state index in [1.807, 2.05) is 38.1 Å². The van der Waals surface area contributed by atoms with Gasteiger partial charge in [0.1, 0.15) is 0 Å². The van der Waals surface area contributed by atoms with Gasteiger partial charge in [0.15, 0.2) is 0 Å². The fourth-order valence-electron chi connectivity index (χ4n) is 2.42. The van der Waals surface area contributed by atoms with Crippen molar-refractivity contribution in [3.8, 4) is 0 Å². The molecule has 0 aliphatic rings. The van der Waals surface area contributed by atoms with Crippen LogP contribution in [-0.4, -0.2) is 13.3 Å². The van der Waals surface area contributed by atoms with Crippen LogP contribution in [0.3, 0.4) is 0 Å². The summed E-state index contributed by atoms with van der Waals surface area (Å²) in [5.41, 5.74) is 2.27. The zero-order chi connectivity index (χ0) is 17.7. The van der Waals surface area contributed by atoms with Gasteiger partial charge in [-0.2, -0.15) is 0 Å². The van der Waals surface area contributed by atoms with Crippen molar-refractivity contribution >= 4 is 15.7 Å². The molecule has 24 heavy (non-hydrogen) atoms. The van der Waals surface area contributed by atoms with Crippen LogP contribution in [0.25, 0.3) is 0 Å². The van der Waals surface area contributed by atoms with Gasteiger partial charge in [0.2, 0.25) is 10.0 Å². The Hall–Kier alpha value is -2.25. The summed E-state index contributed by atoms with van der Waals surface area (Å²) in [6.45, 7) is 3.87. The number of sulfonamides is 1. The van der Waals surface area contributed by atoms with E-state index in [-0.39, 0.29) is 17.5 Å². The highest BCUT2D eigenvalue weighted by Gasteiger charge is 2.19. The molecule has 0 aliphatic carbocycles. The number of nitro benzene ring substituents is 1. The molecule has 0 saturated carbocycles. The average molecular weight is 348 g/mol. The highest BCUT2D eigenvalue weighted by Crippen LogP contribution is 2.20. The van der Waals surface area contributed by atoms with Crippen molar-refractivity contribution in [2.45, 2.75) is 32.1 Å². The molecule has 1 atom stereocenters. The summed E-state index contributed by atoms with van der Waals surface area (Å²) in [4.78, 5) is 10.3. The quantitative estimate of drug-likeness (QED) is 0.613. The third kappa shape index (κ3) is 4.87. The van der Waals surface area contributed by atoms with Crippen LogP contribution in [0, 0.1) is 17.0 Å². The number of benzene rings is 2. The fourth-order valence-corrected chi connectivity index (χ4v) is 3.86. The van der Waals surface area contributed by atoms with Crippen molar-refractivity contribution in [3.05, 3.63) is 75.3 Å². The topological polar surface area (TPSA) is 89.3 Å². The maximum absolute atomic E-state index is 12.4. The predicted octanol–water partition coefficient (Wildman–Crippen LogP) is 3.47. The zero-order valence-electron chi connectivity index (χ0n) is 13.6. The second kappa shape index (κ2) is 7.55. The molecule has 0 aromatic heterocycles. The van der Waals surface area contributed by atoms with Gasteiger partial charge in [-0.15, -0.1) is 0 Å². The highest BCUT2D eigenvalue weighted by atomic mass is 32.2. The summed E-state index contributed by atoms with van der Waals surface area (Å²) >= 11 is 0. The summed E-state index contributed by atoms with van der Waals surface area (Å²) in [5, 5.41) is 10.8. The van der Waals surface area contributed by atoms with Gasteiger partial charge < -0.3 is 0 Å². The lowest BCUT2D eigenvalue weighted by molar-refractivity contribution is -0.384. The standard InChI is InChI=1S/C17H20N2O4S/c1-3-17(15-9-7-13(2)8-10-15)18-24(22,23)12-14-5-4-6-16(11-14)19(20)21/h4-11,17-18H,3,12H2,1-2H3/t17-/m0/s1. The Bertz CT molecular complexity index is 817. The first-order valence-corrected chi connectivity index (χ1v) is 9.26. The van der Waals surface area contributed by atoms with Gasteiger partial charge in [-0.05, 0) is 24.5 Å². The lowest BCUT2D eigenvalue weighted by Gasteiger charge is -2.18. The molecule has 0 bridgehead atoms. The Balaban J connectivity index is 2.16. The number of nitro groups is 1. The van der Waals surface area contributed by atoms with E-state index in [0.717, 1.165) is 11.1 Å². The summed E-state index contributed by atoms with van der Waals surface area (Å²) in [6, 6.07) is 13.0. The molecule has 0 fully saturated rings. The minimum Gasteiger partial charge on any atom is -0.258 e. The number of hydrogen-bond donors (Lipinski definition) is 1. The smallest absolute Gasteiger partial charge is 0.258 e. The molecule has 0 heterocycles. The van der Waals surface area contributed by atoms with E-state index in [1.54, 1.807) is 6.07 Å². The Morgan fingerprint density at radius 1 is 1.17 bits per heavy atom. The minimum absolute atomic E-state index is 0.117. The van der Waals surface area contributed by atoms with Crippen molar-refractivity contribution in [2.24, 2.45) is 0 Å². The van der Waals surface area contributed by atoms with E-state index in [0.29, 0.717) is 12.0 Å². The number of hydrogen-bond acceptors (Lipinski definition) is 4. The van der Waals surface area contributed by atoms with Crippen molar-refractivity contribution < 1.29 is 13.3 Å². The van der Waals surface area contributed by atoms with Crippen molar-refractivity contribution in [1.29, 1.82) is 0 Å². The molecule has 0 radical (unpaired) electrons. The molecule has 2 aromatic rings. The number of nitrogens with zero attached hydrogens (tertiary/aromatic N) is 1. The lowest BCUT2D eigenvalue weighted by atomic mass is 10.0. The first-order chi connectivity index (χ1) is 11.3. The molecule has 0 spiro atoms. The molecular formula is C17H20N2O4S. The normalized spacial score (nSPS) is 12.8. The molecule has 0 aliphatic heterocycles. The Kier molecular flexibility index (Phi) is 5.69. The Morgan fingerprint density at radius 3 is 2.42 bits per heavy atom. The van der Waals surface area contributed by atoms with Crippen LogP contribution in [0.2, 0.25) is 0 Å². The second-order valence-corrected chi connectivity index (χ2v) is 7.43. The molecule has 2 rings (SSSR count). The van der Waals surface area contributed by atoms with Crippen molar-refractivity contribution in [1.82, 2.24) is 4.72 Å². The van der Waals surface area contributed by atoms with Crippen LogP contribution in [0.5, 0.6) is 0 Å². The van der Waals surface area contributed by atoms with Crippen molar-refractivity contribution in [2.75, 3.05) is 0 Å². The largest absolute Gasteiger partial charge is 0.269 e. The molecule has 0 saturated heterocycles. The molecule has 6 nitrogen and oxygen atoms in total. The molecule has 128 valence electrons. The van der Waals surface area contributed by atoms with Crippen LogP contribution in [0.4, 0.5) is 5.69 Å². The number of nitrogens with one attached hydrogen (secondary N) is 1. The average Bonchev–Trinajstić information content (AvgIpc) is 2.53. The summed E-state index contributed by atoms with van der Waals surface area (Å²) in [7, 11) is -3.62. The maximum Gasteiger partial charge on any atom is 0.269 e. The van der Waals surface area contributed by atoms with Gasteiger partial charge in [0.05, 0.1) is 10.7 Å². The van der Waals surface area contributed by atoms with Crippen LogP contribution in [-0.2, 0) is 15.8 Å². The van der Waals surface area contributed by atoms with E-state index < -0.39 is 14.9 Å². The van der Waals surface area contributed by atoms with Gasteiger partial charge in [0, 0.05) is 18.2 Å². The first-order valence-electron chi connectivity index (χ1n) is 7.60. The van der Waals surface area contributed by atoms with Gasteiger partial charge in [-0.25, -0.2) is 13.1 Å². The summed E-state index contributed by atoms with van der Waals surface area (Å²) < 4.78 is 27.5. The third-order valence-corrected chi connectivity index (χ3v) is 5.04.